The summed E-state index contributed by atoms with van der Waals surface area (Å²) in [5.74, 6) is 0. The molecule has 0 spiro atoms. The van der Waals surface area contributed by atoms with E-state index in [0.717, 1.165) is 26.1 Å². The zero-order valence-corrected chi connectivity index (χ0v) is 13.0. The Morgan fingerprint density at radius 2 is 2.18 bits per heavy atom. The topological polar surface area (TPSA) is 21.1 Å². The monoisotopic (exact) mass is 301 g/mol. The first-order chi connectivity index (χ1) is 8.06. The number of hydrogen-bond donors (Lipinski definition) is 0. The van der Waals surface area contributed by atoms with Crippen molar-refractivity contribution in [2.24, 2.45) is 0 Å². The first kappa shape index (κ1) is 14.7. The van der Waals surface area contributed by atoms with E-state index >= 15 is 0 Å². The summed E-state index contributed by atoms with van der Waals surface area (Å²) in [4.78, 5) is 2.95. The fraction of sp³-hybridized carbons (Fsp3) is 0.769. The van der Waals surface area contributed by atoms with E-state index in [1.807, 2.05) is 0 Å². The lowest BCUT2D eigenvalue weighted by molar-refractivity contribution is 0.311. The lowest BCUT2D eigenvalue weighted by atomic mass is 10.2. The quantitative estimate of drug-likeness (QED) is 0.722. The molecule has 1 aromatic rings. The Hall–Kier alpha value is -0.350. The van der Waals surface area contributed by atoms with E-state index in [9.17, 15) is 0 Å². The van der Waals surface area contributed by atoms with Crippen molar-refractivity contribution in [1.29, 1.82) is 0 Å². The minimum absolute atomic E-state index is 0.590. The van der Waals surface area contributed by atoms with Crippen LogP contribution in [0.4, 0.5) is 0 Å². The van der Waals surface area contributed by atoms with Crippen LogP contribution in [-0.4, -0.2) is 33.1 Å². The molecule has 3 nitrogen and oxygen atoms in total. The summed E-state index contributed by atoms with van der Waals surface area (Å²) in [6.45, 7) is 9.56. The number of aromatic nitrogens is 2. The Bertz CT molecular complexity index is 333. The van der Waals surface area contributed by atoms with Crippen molar-refractivity contribution in [3.05, 3.63) is 17.5 Å². The number of aryl methyl sites for hydroxylation is 2. The van der Waals surface area contributed by atoms with Crippen molar-refractivity contribution in [2.45, 2.75) is 51.5 Å². The van der Waals surface area contributed by atoms with Gasteiger partial charge in [0, 0.05) is 17.9 Å². The number of hydrogen-bond acceptors (Lipinski definition) is 2. The molecule has 1 aromatic heterocycles. The van der Waals surface area contributed by atoms with E-state index in [0.29, 0.717) is 4.83 Å². The van der Waals surface area contributed by atoms with Crippen molar-refractivity contribution in [1.82, 2.24) is 14.7 Å². The van der Waals surface area contributed by atoms with Crippen LogP contribution in [0.2, 0.25) is 0 Å². The normalized spacial score (nSPS) is 13.3. The average molecular weight is 302 g/mol. The molecule has 4 heteroatoms. The van der Waals surface area contributed by atoms with Crippen LogP contribution in [-0.2, 0) is 19.5 Å². The van der Waals surface area contributed by atoms with Crippen molar-refractivity contribution in [2.75, 3.05) is 13.6 Å². The molecular weight excluding hydrogens is 278 g/mol. The van der Waals surface area contributed by atoms with Crippen molar-refractivity contribution in [3.8, 4) is 0 Å². The molecule has 1 heterocycles. The zero-order valence-electron chi connectivity index (χ0n) is 11.4. The van der Waals surface area contributed by atoms with Crippen LogP contribution < -0.4 is 0 Å². The third kappa shape index (κ3) is 4.80. The maximum Gasteiger partial charge on any atom is 0.0625 e. The summed E-state index contributed by atoms with van der Waals surface area (Å²) in [5, 5.41) is 4.58. The zero-order chi connectivity index (χ0) is 12.8. The molecule has 17 heavy (non-hydrogen) atoms. The fourth-order valence-corrected chi connectivity index (χ4v) is 2.05. The second-order valence-corrected chi connectivity index (χ2v) is 6.17. The van der Waals surface area contributed by atoms with Gasteiger partial charge in [0.05, 0.1) is 11.4 Å². The van der Waals surface area contributed by atoms with Crippen LogP contribution in [0.25, 0.3) is 0 Å². The van der Waals surface area contributed by atoms with Gasteiger partial charge in [-0.2, -0.15) is 5.10 Å². The molecule has 0 fully saturated rings. The highest BCUT2D eigenvalue weighted by Crippen LogP contribution is 2.10. The summed E-state index contributed by atoms with van der Waals surface area (Å²) in [6.07, 6.45) is 2.19. The molecule has 0 aliphatic heterocycles. The molecule has 1 unspecified atom stereocenters. The second kappa shape index (κ2) is 7.17. The van der Waals surface area contributed by atoms with Crippen molar-refractivity contribution in [3.63, 3.8) is 0 Å². The van der Waals surface area contributed by atoms with E-state index in [1.165, 1.54) is 17.8 Å². The van der Waals surface area contributed by atoms with Crippen LogP contribution in [0.5, 0.6) is 0 Å². The Morgan fingerprint density at radius 3 is 2.71 bits per heavy atom. The van der Waals surface area contributed by atoms with E-state index in [2.05, 4.69) is 64.5 Å². The number of rotatable bonds is 7. The molecule has 0 aromatic carbocycles. The second-order valence-electron chi connectivity index (χ2n) is 4.60. The highest BCUT2D eigenvalue weighted by molar-refractivity contribution is 9.09. The van der Waals surface area contributed by atoms with Gasteiger partial charge in [-0.05, 0) is 39.4 Å². The maximum atomic E-state index is 4.58. The molecule has 0 N–H and O–H groups in total. The third-order valence-electron chi connectivity index (χ3n) is 2.92. The molecular formula is C13H24BrN3. The SMILES string of the molecule is CCc1cc(CN(C)CCC(C)Br)n(CC)n1. The Morgan fingerprint density at radius 1 is 1.47 bits per heavy atom. The number of halogens is 1. The predicted molar refractivity (Wildman–Crippen MR) is 76.6 cm³/mol. The molecule has 0 aliphatic rings. The van der Waals surface area contributed by atoms with Gasteiger partial charge in [0.1, 0.15) is 0 Å². The third-order valence-corrected chi connectivity index (χ3v) is 3.37. The first-order valence-corrected chi connectivity index (χ1v) is 7.36. The first-order valence-electron chi connectivity index (χ1n) is 6.45. The molecule has 1 atom stereocenters. The lowest BCUT2D eigenvalue weighted by Crippen LogP contribution is -2.22. The van der Waals surface area contributed by atoms with E-state index in [4.69, 9.17) is 0 Å². The molecule has 0 saturated carbocycles. The summed E-state index contributed by atoms with van der Waals surface area (Å²) in [6, 6.07) is 2.23. The predicted octanol–water partition coefficient (Wildman–Crippen LogP) is 3.07. The standard InChI is InChI=1S/C13H24BrN3/c1-5-12-9-13(17(6-2)15-12)10-16(4)8-7-11(3)14/h9,11H,5-8,10H2,1-4H3. The van der Waals surface area contributed by atoms with Crippen molar-refractivity contribution >= 4 is 15.9 Å². The molecule has 1 rings (SSSR count). The average Bonchev–Trinajstić information content (AvgIpc) is 2.68. The van der Waals surface area contributed by atoms with Crippen LogP contribution >= 0.6 is 15.9 Å². The van der Waals surface area contributed by atoms with Gasteiger partial charge in [-0.25, -0.2) is 0 Å². The highest BCUT2D eigenvalue weighted by atomic mass is 79.9. The van der Waals surface area contributed by atoms with E-state index in [1.54, 1.807) is 0 Å². The van der Waals surface area contributed by atoms with Crippen LogP contribution in [0, 0.1) is 0 Å². The summed E-state index contributed by atoms with van der Waals surface area (Å²) >= 11 is 3.59. The largest absolute Gasteiger partial charge is 0.301 e. The molecule has 98 valence electrons. The van der Waals surface area contributed by atoms with Gasteiger partial charge >= 0.3 is 0 Å². The van der Waals surface area contributed by atoms with E-state index in [-0.39, 0.29) is 0 Å². The fourth-order valence-electron chi connectivity index (χ4n) is 1.84. The van der Waals surface area contributed by atoms with Gasteiger partial charge in [-0.15, -0.1) is 0 Å². The lowest BCUT2D eigenvalue weighted by Gasteiger charge is -2.17. The maximum absolute atomic E-state index is 4.58. The molecule has 0 radical (unpaired) electrons. The Kier molecular flexibility index (Phi) is 6.20. The highest BCUT2D eigenvalue weighted by Gasteiger charge is 2.08. The smallest absolute Gasteiger partial charge is 0.0625 e. The van der Waals surface area contributed by atoms with Gasteiger partial charge in [0.25, 0.3) is 0 Å². The van der Waals surface area contributed by atoms with Gasteiger partial charge in [0.2, 0.25) is 0 Å². The molecule has 0 aliphatic carbocycles. The number of alkyl halides is 1. The minimum atomic E-state index is 0.590. The number of nitrogens with zero attached hydrogens (tertiary/aromatic N) is 3. The molecule has 0 amide bonds. The van der Waals surface area contributed by atoms with Gasteiger partial charge in [-0.3, -0.25) is 4.68 Å². The Labute approximate surface area is 113 Å². The minimum Gasteiger partial charge on any atom is -0.301 e. The van der Waals surface area contributed by atoms with Crippen LogP contribution in [0.3, 0.4) is 0 Å². The summed E-state index contributed by atoms with van der Waals surface area (Å²) < 4.78 is 2.12. The molecule has 0 saturated heterocycles. The van der Waals surface area contributed by atoms with Crippen molar-refractivity contribution < 1.29 is 0 Å². The van der Waals surface area contributed by atoms with Gasteiger partial charge < -0.3 is 4.90 Å². The van der Waals surface area contributed by atoms with E-state index < -0.39 is 0 Å². The molecule has 0 bridgehead atoms. The van der Waals surface area contributed by atoms with Gasteiger partial charge in [0.15, 0.2) is 0 Å². The Balaban J connectivity index is 2.57. The van der Waals surface area contributed by atoms with Crippen LogP contribution in [0.15, 0.2) is 6.07 Å². The summed E-state index contributed by atoms with van der Waals surface area (Å²) in [7, 11) is 2.17. The van der Waals surface area contributed by atoms with Gasteiger partial charge in [-0.1, -0.05) is 29.8 Å². The summed E-state index contributed by atoms with van der Waals surface area (Å²) in [5.41, 5.74) is 2.53. The van der Waals surface area contributed by atoms with Crippen LogP contribution in [0.1, 0.15) is 38.6 Å².